The Labute approximate surface area is 188 Å². The number of aromatic nitrogens is 1. The lowest BCUT2D eigenvalue weighted by Crippen LogP contribution is -2.52. The van der Waals surface area contributed by atoms with Gasteiger partial charge in [-0.05, 0) is 51.5 Å². The minimum atomic E-state index is -0.262. The molecule has 0 saturated carbocycles. The van der Waals surface area contributed by atoms with Crippen LogP contribution in [-0.2, 0) is 0 Å². The quantitative estimate of drug-likeness (QED) is 0.420. The lowest BCUT2D eigenvalue weighted by Gasteiger charge is -2.36. The van der Waals surface area contributed by atoms with Gasteiger partial charge < -0.3 is 5.32 Å². The molecule has 1 aliphatic rings. The van der Waals surface area contributed by atoms with E-state index >= 15 is 0 Å². The highest BCUT2D eigenvalue weighted by molar-refractivity contribution is 6.18. The standard InChI is InChI=1S/C24H28N6O2/c1-6-18-14-30(21-11-19(17(4)31)9-7-15(21)2)24(32)29(5)23(18)28-22(25)13-27-20-10-8-16(3)26-12-20/h6-12,25,27H,13-14H2,1-5H3/b18-6-,25-22?,28-23?. The molecule has 1 aromatic heterocycles. The first-order valence-corrected chi connectivity index (χ1v) is 10.4. The number of carbonyl (C=O) groups is 2. The summed E-state index contributed by atoms with van der Waals surface area (Å²) in [7, 11) is 1.64. The zero-order chi connectivity index (χ0) is 23.4. The summed E-state index contributed by atoms with van der Waals surface area (Å²) in [4.78, 5) is 36.7. The van der Waals surface area contributed by atoms with E-state index in [2.05, 4.69) is 15.3 Å². The molecule has 2 N–H and O–H groups in total. The van der Waals surface area contributed by atoms with Crippen molar-refractivity contribution < 1.29 is 9.59 Å². The third-order valence-electron chi connectivity index (χ3n) is 5.32. The van der Waals surface area contributed by atoms with Crippen molar-refractivity contribution in [2.45, 2.75) is 27.7 Å². The van der Waals surface area contributed by atoms with Crippen LogP contribution in [0.25, 0.3) is 0 Å². The van der Waals surface area contributed by atoms with E-state index in [0.717, 1.165) is 22.5 Å². The molecule has 0 atom stereocenters. The average molecular weight is 433 g/mol. The van der Waals surface area contributed by atoms with Gasteiger partial charge in [-0.25, -0.2) is 9.79 Å². The number of hydrogen-bond acceptors (Lipinski definition) is 5. The molecule has 2 aromatic rings. The van der Waals surface area contributed by atoms with Crippen LogP contribution in [0.4, 0.5) is 16.2 Å². The minimum Gasteiger partial charge on any atom is -0.377 e. The van der Waals surface area contributed by atoms with Crippen molar-refractivity contribution in [2.75, 3.05) is 30.4 Å². The molecule has 1 saturated heterocycles. The third-order valence-corrected chi connectivity index (χ3v) is 5.32. The van der Waals surface area contributed by atoms with Gasteiger partial charge in [0.1, 0.15) is 11.7 Å². The number of nitrogens with zero attached hydrogens (tertiary/aromatic N) is 4. The number of rotatable bonds is 5. The van der Waals surface area contributed by atoms with Crippen LogP contribution in [-0.4, -0.2) is 53.5 Å². The Morgan fingerprint density at radius 2 is 2.03 bits per heavy atom. The Balaban J connectivity index is 1.82. The molecule has 166 valence electrons. The van der Waals surface area contributed by atoms with Crippen molar-refractivity contribution in [3.63, 3.8) is 0 Å². The van der Waals surface area contributed by atoms with E-state index in [1.165, 1.54) is 11.8 Å². The molecule has 0 aliphatic carbocycles. The fourth-order valence-electron chi connectivity index (χ4n) is 3.40. The van der Waals surface area contributed by atoms with Crippen LogP contribution < -0.4 is 10.2 Å². The van der Waals surface area contributed by atoms with Crippen molar-refractivity contribution in [1.82, 2.24) is 9.88 Å². The molecule has 1 aromatic carbocycles. The molecule has 0 unspecified atom stereocenters. The van der Waals surface area contributed by atoms with Gasteiger partial charge in [-0.2, -0.15) is 0 Å². The van der Waals surface area contributed by atoms with E-state index in [9.17, 15) is 9.59 Å². The minimum absolute atomic E-state index is 0.0534. The van der Waals surface area contributed by atoms with Gasteiger partial charge in [0.2, 0.25) is 0 Å². The molecule has 0 spiro atoms. The lowest BCUT2D eigenvalue weighted by molar-refractivity contribution is 0.101. The number of anilines is 2. The largest absolute Gasteiger partial charge is 0.377 e. The third kappa shape index (κ3) is 4.91. The van der Waals surface area contributed by atoms with Gasteiger partial charge in [-0.15, -0.1) is 0 Å². The summed E-state index contributed by atoms with van der Waals surface area (Å²) in [6.07, 6.45) is 3.60. The molecule has 3 rings (SSSR count). The number of allylic oxidation sites excluding steroid dienone is 1. The summed E-state index contributed by atoms with van der Waals surface area (Å²) in [6, 6.07) is 8.88. The maximum absolute atomic E-state index is 13.2. The van der Waals surface area contributed by atoms with Gasteiger partial charge in [0.15, 0.2) is 5.78 Å². The first-order chi connectivity index (χ1) is 15.2. The second-order valence-corrected chi connectivity index (χ2v) is 7.72. The highest BCUT2D eigenvalue weighted by Gasteiger charge is 2.33. The number of pyridine rings is 1. The van der Waals surface area contributed by atoms with Crippen LogP contribution >= 0.6 is 0 Å². The van der Waals surface area contributed by atoms with E-state index in [1.54, 1.807) is 30.3 Å². The Morgan fingerprint density at radius 1 is 1.28 bits per heavy atom. The topological polar surface area (TPSA) is 102 Å². The molecule has 0 bridgehead atoms. The monoisotopic (exact) mass is 432 g/mol. The van der Waals surface area contributed by atoms with Crippen molar-refractivity contribution in [3.8, 4) is 0 Å². The van der Waals surface area contributed by atoms with Gasteiger partial charge in [-0.3, -0.25) is 25.0 Å². The number of ketones is 1. The molecule has 8 heteroatoms. The molecule has 2 amide bonds. The number of benzene rings is 1. The molecular formula is C24H28N6O2. The van der Waals surface area contributed by atoms with Crippen LogP contribution in [0.2, 0.25) is 0 Å². The maximum atomic E-state index is 13.2. The number of aryl methyl sites for hydroxylation is 2. The van der Waals surface area contributed by atoms with Crippen LogP contribution in [0.5, 0.6) is 0 Å². The van der Waals surface area contributed by atoms with Crippen LogP contribution in [0, 0.1) is 19.3 Å². The Kier molecular flexibility index (Phi) is 6.82. The summed E-state index contributed by atoms with van der Waals surface area (Å²) in [6.45, 7) is 7.72. The Morgan fingerprint density at radius 3 is 2.66 bits per heavy atom. The average Bonchev–Trinajstić information content (AvgIpc) is 2.77. The summed E-state index contributed by atoms with van der Waals surface area (Å²) in [5, 5.41) is 11.4. The van der Waals surface area contributed by atoms with Gasteiger partial charge in [-0.1, -0.05) is 18.2 Å². The fourth-order valence-corrected chi connectivity index (χ4v) is 3.40. The van der Waals surface area contributed by atoms with Gasteiger partial charge >= 0.3 is 6.03 Å². The normalized spacial score (nSPS) is 16.6. The lowest BCUT2D eigenvalue weighted by atomic mass is 10.0. The van der Waals surface area contributed by atoms with Crippen molar-refractivity contribution in [3.05, 3.63) is 65.0 Å². The van der Waals surface area contributed by atoms with Crippen molar-refractivity contribution >= 4 is 34.9 Å². The number of aliphatic imine (C=N–C) groups is 1. The molecule has 2 heterocycles. The molecule has 0 radical (unpaired) electrons. The summed E-state index contributed by atoms with van der Waals surface area (Å²) >= 11 is 0. The van der Waals surface area contributed by atoms with Crippen LogP contribution in [0.3, 0.4) is 0 Å². The van der Waals surface area contributed by atoms with Crippen LogP contribution in [0.1, 0.15) is 35.5 Å². The Hall–Kier alpha value is -3.81. The molecule has 32 heavy (non-hydrogen) atoms. The number of likely N-dealkylation sites (N-methyl/N-ethyl adjacent to an activating group) is 1. The number of nitrogens with one attached hydrogen (secondary N) is 2. The highest BCUT2D eigenvalue weighted by atomic mass is 16.2. The molecule has 8 nitrogen and oxygen atoms in total. The molecular weight excluding hydrogens is 404 g/mol. The first kappa shape index (κ1) is 22.9. The summed E-state index contributed by atoms with van der Waals surface area (Å²) < 4.78 is 0. The number of carbonyl (C=O) groups excluding carboxylic acids is 2. The first-order valence-electron chi connectivity index (χ1n) is 10.4. The highest BCUT2D eigenvalue weighted by Crippen LogP contribution is 2.27. The number of urea groups is 1. The van der Waals surface area contributed by atoms with Crippen molar-refractivity contribution in [2.24, 2.45) is 4.99 Å². The Bertz CT molecular complexity index is 1120. The predicted molar refractivity (Wildman–Crippen MR) is 128 cm³/mol. The second-order valence-electron chi connectivity index (χ2n) is 7.72. The maximum Gasteiger partial charge on any atom is 0.330 e. The van der Waals surface area contributed by atoms with Gasteiger partial charge in [0, 0.05) is 29.6 Å². The van der Waals surface area contributed by atoms with E-state index in [4.69, 9.17) is 5.41 Å². The van der Waals surface area contributed by atoms with Gasteiger partial charge in [0.25, 0.3) is 0 Å². The predicted octanol–water partition coefficient (Wildman–Crippen LogP) is 4.21. The molecule has 1 aliphatic heterocycles. The smallest absolute Gasteiger partial charge is 0.330 e. The van der Waals surface area contributed by atoms with E-state index in [0.29, 0.717) is 23.6 Å². The molecule has 1 fully saturated rings. The summed E-state index contributed by atoms with van der Waals surface area (Å²) in [5.41, 5.74) is 4.68. The van der Waals surface area contributed by atoms with E-state index in [1.807, 2.05) is 45.0 Å². The number of hydrogen-bond donors (Lipinski definition) is 2. The zero-order valence-corrected chi connectivity index (χ0v) is 19.1. The zero-order valence-electron chi connectivity index (χ0n) is 19.1. The van der Waals surface area contributed by atoms with Crippen LogP contribution in [0.15, 0.2) is 53.2 Å². The van der Waals surface area contributed by atoms with Crippen molar-refractivity contribution in [1.29, 1.82) is 5.41 Å². The van der Waals surface area contributed by atoms with E-state index in [-0.39, 0.29) is 24.2 Å². The summed E-state index contributed by atoms with van der Waals surface area (Å²) in [5.74, 6) is 0.494. The number of amides is 2. The SMILES string of the molecule is C/C=C1/CN(c2cc(C(C)=O)ccc2C)C(=O)N(C)C1=NC(=N)CNc1ccc(C)nc1. The van der Waals surface area contributed by atoms with E-state index < -0.39 is 0 Å². The fraction of sp³-hybridized carbons (Fsp3) is 0.292. The second kappa shape index (κ2) is 9.55. The van der Waals surface area contributed by atoms with Gasteiger partial charge in [0.05, 0.1) is 25.0 Å². The number of Topliss-reactive ketones (excluding diaryl/α,β-unsaturated/α-hetero) is 1. The number of amidine groups is 2.